The molecule has 1 aromatic carbocycles. The van der Waals surface area contributed by atoms with Gasteiger partial charge in [-0.05, 0) is 58.8 Å². The molecule has 0 saturated heterocycles. The summed E-state index contributed by atoms with van der Waals surface area (Å²) in [4.78, 5) is 0. The van der Waals surface area contributed by atoms with Crippen molar-refractivity contribution in [1.29, 1.82) is 0 Å². The van der Waals surface area contributed by atoms with E-state index in [9.17, 15) is 5.11 Å². The van der Waals surface area contributed by atoms with E-state index in [1.54, 1.807) is 14.2 Å². The summed E-state index contributed by atoms with van der Waals surface area (Å²) in [5.74, 6) is 3.12. The maximum atomic E-state index is 9.98. The topological polar surface area (TPSA) is 38.7 Å². The van der Waals surface area contributed by atoms with Crippen LogP contribution in [0.25, 0.3) is 0 Å². The van der Waals surface area contributed by atoms with Gasteiger partial charge in [-0.25, -0.2) is 0 Å². The number of rotatable bonds is 10. The van der Waals surface area contributed by atoms with Crippen LogP contribution in [0, 0.1) is 17.3 Å². The second-order valence-electron chi connectivity index (χ2n) is 10.6. The third-order valence-electron chi connectivity index (χ3n) is 8.11. The molecule has 0 amide bonds. The lowest BCUT2D eigenvalue weighted by molar-refractivity contribution is -0.0260. The van der Waals surface area contributed by atoms with Gasteiger partial charge in [-0.1, -0.05) is 66.4 Å². The predicted molar refractivity (Wildman–Crippen MR) is 125 cm³/mol. The van der Waals surface area contributed by atoms with Crippen LogP contribution in [0.15, 0.2) is 23.8 Å². The lowest BCUT2D eigenvalue weighted by Gasteiger charge is -2.59. The molecule has 2 bridgehead atoms. The number of hydrogen-bond donors (Lipinski definition) is 1. The summed E-state index contributed by atoms with van der Waals surface area (Å²) in [7, 11) is 3.54. The Morgan fingerprint density at radius 1 is 1.07 bits per heavy atom. The molecule has 1 aromatic rings. The molecule has 168 valence electrons. The van der Waals surface area contributed by atoms with E-state index in [0.717, 1.165) is 29.9 Å². The largest absolute Gasteiger partial charge is 0.496 e. The zero-order valence-electron chi connectivity index (χ0n) is 20.2. The van der Waals surface area contributed by atoms with Crippen molar-refractivity contribution in [2.24, 2.45) is 17.3 Å². The van der Waals surface area contributed by atoms with Crippen LogP contribution in [0.1, 0.15) is 90.2 Å². The molecular formula is C27H42O3. The maximum Gasteiger partial charge on any atom is 0.126 e. The monoisotopic (exact) mass is 414 g/mol. The lowest BCUT2D eigenvalue weighted by Crippen LogP contribution is -2.51. The fourth-order valence-electron chi connectivity index (χ4n) is 5.90. The third-order valence-corrected chi connectivity index (χ3v) is 8.11. The summed E-state index contributed by atoms with van der Waals surface area (Å²) in [5, 5.41) is 9.98. The van der Waals surface area contributed by atoms with Gasteiger partial charge in [-0.2, -0.15) is 0 Å². The zero-order chi connectivity index (χ0) is 22.1. The zero-order valence-corrected chi connectivity index (χ0v) is 20.2. The maximum absolute atomic E-state index is 9.98. The Morgan fingerprint density at radius 3 is 2.20 bits per heavy atom. The van der Waals surface area contributed by atoms with Crippen LogP contribution >= 0.6 is 0 Å². The van der Waals surface area contributed by atoms with E-state index in [4.69, 9.17) is 9.47 Å². The second-order valence-corrected chi connectivity index (χ2v) is 10.6. The summed E-state index contributed by atoms with van der Waals surface area (Å²) in [6.07, 6.45) is 9.70. The number of ether oxygens (including phenoxy) is 2. The normalized spacial score (nSPS) is 24.8. The van der Waals surface area contributed by atoms with Crippen LogP contribution in [0.2, 0.25) is 0 Å². The first-order valence-corrected chi connectivity index (χ1v) is 11.8. The second kappa shape index (κ2) is 8.94. The molecule has 3 heteroatoms. The van der Waals surface area contributed by atoms with E-state index in [1.807, 2.05) is 0 Å². The number of aliphatic hydroxyl groups excluding tert-OH is 1. The van der Waals surface area contributed by atoms with Gasteiger partial charge in [-0.15, -0.1) is 0 Å². The van der Waals surface area contributed by atoms with Crippen molar-refractivity contribution in [3.8, 4) is 11.5 Å². The first kappa shape index (κ1) is 23.2. The Balaban J connectivity index is 1.99. The molecule has 0 aromatic heterocycles. The predicted octanol–water partition coefficient (Wildman–Crippen LogP) is 6.63. The Labute approximate surface area is 183 Å². The summed E-state index contributed by atoms with van der Waals surface area (Å²) in [6.45, 7) is 11.7. The van der Waals surface area contributed by atoms with E-state index in [-0.39, 0.29) is 23.4 Å². The first-order chi connectivity index (χ1) is 14.2. The molecule has 0 aliphatic heterocycles. The number of benzene rings is 1. The molecule has 3 aliphatic carbocycles. The van der Waals surface area contributed by atoms with Crippen molar-refractivity contribution in [2.45, 2.75) is 84.5 Å². The Hall–Kier alpha value is -1.48. The summed E-state index contributed by atoms with van der Waals surface area (Å²) < 4.78 is 11.9. The summed E-state index contributed by atoms with van der Waals surface area (Å²) in [6, 6.07) is 4.48. The average Bonchev–Trinajstić information content (AvgIpc) is 2.74. The van der Waals surface area contributed by atoms with Gasteiger partial charge in [-0.3, -0.25) is 0 Å². The Morgan fingerprint density at radius 2 is 1.70 bits per heavy atom. The lowest BCUT2D eigenvalue weighted by atomic mass is 9.45. The SMILES string of the molecule is CCCCCCC(C)(C)c1cc(OC)c([C@@H]2C=C(CO)[C@@H]3CC2C3(C)C)c(OC)c1. The number of methoxy groups -OCH3 is 2. The minimum Gasteiger partial charge on any atom is -0.496 e. The molecule has 0 spiro atoms. The van der Waals surface area contributed by atoms with E-state index in [1.165, 1.54) is 36.8 Å². The van der Waals surface area contributed by atoms with Crippen LogP contribution in [0.3, 0.4) is 0 Å². The molecule has 1 saturated carbocycles. The van der Waals surface area contributed by atoms with Crippen molar-refractivity contribution < 1.29 is 14.6 Å². The minimum atomic E-state index is 0.0757. The minimum absolute atomic E-state index is 0.0757. The number of hydrogen-bond acceptors (Lipinski definition) is 3. The standard InChI is InChI=1S/C27H42O3/c1-8-9-10-11-12-26(2,3)19-14-23(29-6)25(24(15-19)30-7)20-13-18(17-28)21-16-22(20)27(21,4)5/h13-15,20-22,28H,8-12,16-17H2,1-7H3/t20-,21+,22?/m1/s1. The van der Waals surface area contributed by atoms with Gasteiger partial charge in [0.15, 0.2) is 0 Å². The van der Waals surface area contributed by atoms with E-state index < -0.39 is 0 Å². The number of unbranched alkanes of at least 4 members (excludes halogenated alkanes) is 3. The van der Waals surface area contributed by atoms with Gasteiger partial charge < -0.3 is 14.6 Å². The first-order valence-electron chi connectivity index (χ1n) is 11.8. The van der Waals surface area contributed by atoms with E-state index in [0.29, 0.717) is 11.8 Å². The van der Waals surface area contributed by atoms with Crippen molar-refractivity contribution in [2.75, 3.05) is 20.8 Å². The Kier molecular flexibility index (Phi) is 6.91. The third kappa shape index (κ3) is 4.02. The van der Waals surface area contributed by atoms with Crippen molar-refractivity contribution in [1.82, 2.24) is 0 Å². The summed E-state index contributed by atoms with van der Waals surface area (Å²) >= 11 is 0. The highest BCUT2D eigenvalue weighted by atomic mass is 16.5. The van der Waals surface area contributed by atoms with Gasteiger partial charge >= 0.3 is 0 Å². The van der Waals surface area contributed by atoms with Gasteiger partial charge in [0, 0.05) is 11.5 Å². The molecule has 3 aliphatic rings. The highest BCUT2D eigenvalue weighted by molar-refractivity contribution is 5.55. The van der Waals surface area contributed by atoms with E-state index in [2.05, 4.69) is 52.8 Å². The number of fused-ring (bicyclic) bond motifs is 1. The van der Waals surface area contributed by atoms with Gasteiger partial charge in [0.25, 0.3) is 0 Å². The molecule has 3 nitrogen and oxygen atoms in total. The molecule has 3 atom stereocenters. The fraction of sp³-hybridized carbons (Fsp3) is 0.704. The van der Waals surface area contributed by atoms with Gasteiger partial charge in [0.1, 0.15) is 11.5 Å². The van der Waals surface area contributed by atoms with Crippen molar-refractivity contribution in [3.05, 3.63) is 34.9 Å². The van der Waals surface area contributed by atoms with Crippen molar-refractivity contribution in [3.63, 3.8) is 0 Å². The van der Waals surface area contributed by atoms with Crippen LogP contribution < -0.4 is 9.47 Å². The quantitative estimate of drug-likeness (QED) is 0.345. The van der Waals surface area contributed by atoms with Gasteiger partial charge in [0.05, 0.1) is 20.8 Å². The van der Waals surface area contributed by atoms with Crippen LogP contribution in [-0.4, -0.2) is 25.9 Å². The van der Waals surface area contributed by atoms with Crippen molar-refractivity contribution >= 4 is 0 Å². The highest BCUT2D eigenvalue weighted by Gasteiger charge is 2.56. The molecule has 0 radical (unpaired) electrons. The number of aliphatic hydroxyl groups is 1. The fourth-order valence-corrected chi connectivity index (χ4v) is 5.90. The van der Waals surface area contributed by atoms with Gasteiger partial charge in [0.2, 0.25) is 0 Å². The van der Waals surface area contributed by atoms with Crippen LogP contribution in [0.4, 0.5) is 0 Å². The molecule has 4 rings (SSSR count). The molecular weight excluding hydrogens is 372 g/mol. The van der Waals surface area contributed by atoms with Crippen LogP contribution in [-0.2, 0) is 5.41 Å². The smallest absolute Gasteiger partial charge is 0.126 e. The van der Waals surface area contributed by atoms with Crippen LogP contribution in [0.5, 0.6) is 11.5 Å². The average molecular weight is 415 g/mol. The Bertz CT molecular complexity index is 749. The molecule has 1 unspecified atom stereocenters. The molecule has 30 heavy (non-hydrogen) atoms. The molecule has 1 N–H and O–H groups in total. The molecule has 1 fully saturated rings. The molecule has 0 heterocycles. The number of allylic oxidation sites excluding steroid dienone is 1. The van der Waals surface area contributed by atoms with E-state index >= 15 is 0 Å². The summed E-state index contributed by atoms with van der Waals surface area (Å²) in [5.41, 5.74) is 3.88. The highest BCUT2D eigenvalue weighted by Crippen LogP contribution is 2.65.